The highest BCUT2D eigenvalue weighted by molar-refractivity contribution is 6.00. The van der Waals surface area contributed by atoms with Gasteiger partial charge in [-0.3, -0.25) is 4.79 Å². The van der Waals surface area contributed by atoms with Crippen molar-refractivity contribution in [1.82, 2.24) is 0 Å². The van der Waals surface area contributed by atoms with Crippen LogP contribution in [0, 0.1) is 5.92 Å². The minimum Gasteiger partial charge on any atom is -0.493 e. The van der Waals surface area contributed by atoms with E-state index < -0.39 is 0 Å². The van der Waals surface area contributed by atoms with Gasteiger partial charge in [-0.2, -0.15) is 0 Å². The number of hydrogen-bond donors (Lipinski definition) is 0. The fourth-order valence-corrected chi connectivity index (χ4v) is 3.65. The van der Waals surface area contributed by atoms with Crippen molar-refractivity contribution in [3.8, 4) is 5.75 Å². The predicted octanol–water partition coefficient (Wildman–Crippen LogP) is 4.00. The molecule has 0 aromatic heterocycles. The van der Waals surface area contributed by atoms with E-state index in [-0.39, 0.29) is 5.92 Å². The Morgan fingerprint density at radius 3 is 2.76 bits per heavy atom. The number of benzene rings is 2. The number of carbonyl (C=O) groups excluding carboxylic acids is 1. The lowest BCUT2D eigenvalue weighted by molar-refractivity contribution is 0.0886. The standard InChI is InChI=1S/C19H18O2/c20-19-14(10-9-13-5-1-2-7-17(13)19)11-15-12-21-18-8-4-3-6-16(15)18/h1-8,14-15H,9-12H2. The van der Waals surface area contributed by atoms with E-state index in [1.807, 2.05) is 30.3 Å². The van der Waals surface area contributed by atoms with Gasteiger partial charge in [0.2, 0.25) is 0 Å². The molecule has 0 bridgehead atoms. The number of fused-ring (bicyclic) bond motifs is 2. The van der Waals surface area contributed by atoms with Crippen LogP contribution < -0.4 is 4.74 Å². The van der Waals surface area contributed by atoms with Crippen molar-refractivity contribution >= 4 is 5.78 Å². The van der Waals surface area contributed by atoms with Gasteiger partial charge in [-0.25, -0.2) is 0 Å². The number of Topliss-reactive ketones (excluding diaryl/α,β-unsaturated/α-hetero) is 1. The van der Waals surface area contributed by atoms with Crippen molar-refractivity contribution in [2.24, 2.45) is 5.92 Å². The molecule has 2 nitrogen and oxygen atoms in total. The maximum atomic E-state index is 12.7. The minimum atomic E-state index is 0.139. The van der Waals surface area contributed by atoms with E-state index in [0.717, 1.165) is 30.6 Å². The van der Waals surface area contributed by atoms with Gasteiger partial charge in [-0.05, 0) is 30.9 Å². The largest absolute Gasteiger partial charge is 0.493 e. The van der Waals surface area contributed by atoms with Crippen LogP contribution in [0.4, 0.5) is 0 Å². The molecule has 0 saturated carbocycles. The topological polar surface area (TPSA) is 26.3 Å². The second-order valence-electron chi connectivity index (χ2n) is 6.04. The fourth-order valence-electron chi connectivity index (χ4n) is 3.65. The Morgan fingerprint density at radius 1 is 1.00 bits per heavy atom. The normalized spacial score (nSPS) is 23.3. The van der Waals surface area contributed by atoms with E-state index in [1.54, 1.807) is 0 Å². The smallest absolute Gasteiger partial charge is 0.166 e. The molecule has 2 heteroatoms. The third kappa shape index (κ3) is 2.15. The number of rotatable bonds is 2. The van der Waals surface area contributed by atoms with Gasteiger partial charge in [-0.1, -0.05) is 42.5 Å². The Labute approximate surface area is 124 Å². The number of carbonyl (C=O) groups is 1. The molecule has 1 aliphatic heterocycles. The van der Waals surface area contributed by atoms with Crippen LogP contribution in [0.15, 0.2) is 48.5 Å². The maximum absolute atomic E-state index is 12.7. The van der Waals surface area contributed by atoms with E-state index in [4.69, 9.17) is 4.74 Å². The molecule has 2 aromatic rings. The van der Waals surface area contributed by atoms with Crippen LogP contribution >= 0.6 is 0 Å². The molecule has 0 spiro atoms. The Morgan fingerprint density at radius 2 is 1.81 bits per heavy atom. The predicted molar refractivity (Wildman–Crippen MR) is 81.9 cm³/mol. The molecular formula is C19H18O2. The van der Waals surface area contributed by atoms with Gasteiger partial charge in [0.05, 0.1) is 6.61 Å². The molecule has 21 heavy (non-hydrogen) atoms. The van der Waals surface area contributed by atoms with E-state index in [0.29, 0.717) is 18.3 Å². The zero-order valence-corrected chi connectivity index (χ0v) is 11.9. The molecule has 2 atom stereocenters. The quantitative estimate of drug-likeness (QED) is 0.830. The Hall–Kier alpha value is -2.09. The summed E-state index contributed by atoms with van der Waals surface area (Å²) in [7, 11) is 0. The van der Waals surface area contributed by atoms with Gasteiger partial charge in [0.1, 0.15) is 5.75 Å². The second-order valence-corrected chi connectivity index (χ2v) is 6.04. The van der Waals surface area contributed by atoms with Gasteiger partial charge in [-0.15, -0.1) is 0 Å². The number of hydrogen-bond acceptors (Lipinski definition) is 2. The molecule has 0 amide bonds. The summed E-state index contributed by atoms with van der Waals surface area (Å²) >= 11 is 0. The summed E-state index contributed by atoms with van der Waals surface area (Å²) in [6, 6.07) is 16.3. The lowest BCUT2D eigenvalue weighted by atomic mass is 9.77. The average molecular weight is 278 g/mol. The van der Waals surface area contributed by atoms with Gasteiger partial charge in [0.25, 0.3) is 0 Å². The Bertz CT molecular complexity index is 689. The first-order chi connectivity index (χ1) is 10.3. The molecule has 0 saturated heterocycles. The third-order valence-corrected chi connectivity index (χ3v) is 4.78. The first-order valence-electron chi connectivity index (χ1n) is 7.67. The van der Waals surface area contributed by atoms with Gasteiger partial charge < -0.3 is 4.74 Å². The second kappa shape index (κ2) is 5.03. The molecule has 1 heterocycles. The Kier molecular flexibility index (Phi) is 3.03. The van der Waals surface area contributed by atoms with Crippen molar-refractivity contribution in [3.63, 3.8) is 0 Å². The summed E-state index contributed by atoms with van der Waals surface area (Å²) in [6.45, 7) is 0.713. The highest BCUT2D eigenvalue weighted by atomic mass is 16.5. The maximum Gasteiger partial charge on any atom is 0.166 e. The molecular weight excluding hydrogens is 260 g/mol. The summed E-state index contributed by atoms with van der Waals surface area (Å²) < 4.78 is 5.75. The molecule has 0 radical (unpaired) electrons. The van der Waals surface area contributed by atoms with E-state index >= 15 is 0 Å². The lowest BCUT2D eigenvalue weighted by Gasteiger charge is -2.25. The number of ketones is 1. The molecule has 0 fully saturated rings. The number of para-hydroxylation sites is 1. The summed E-state index contributed by atoms with van der Waals surface area (Å²) in [6.07, 6.45) is 2.89. The van der Waals surface area contributed by atoms with Crippen LogP contribution in [0.3, 0.4) is 0 Å². The highest BCUT2D eigenvalue weighted by Gasteiger charge is 2.32. The minimum absolute atomic E-state index is 0.139. The monoisotopic (exact) mass is 278 g/mol. The summed E-state index contributed by atoms with van der Waals surface area (Å²) in [5.41, 5.74) is 3.41. The van der Waals surface area contributed by atoms with Gasteiger partial charge in [0, 0.05) is 23.0 Å². The number of ether oxygens (including phenoxy) is 1. The molecule has 0 N–H and O–H groups in total. The first-order valence-corrected chi connectivity index (χ1v) is 7.67. The van der Waals surface area contributed by atoms with Crippen LogP contribution in [0.1, 0.15) is 40.2 Å². The van der Waals surface area contributed by atoms with Crippen LogP contribution in [-0.2, 0) is 6.42 Å². The van der Waals surface area contributed by atoms with E-state index in [1.165, 1.54) is 11.1 Å². The van der Waals surface area contributed by atoms with Crippen LogP contribution in [0.25, 0.3) is 0 Å². The van der Waals surface area contributed by atoms with Crippen molar-refractivity contribution in [2.45, 2.75) is 25.2 Å². The lowest BCUT2D eigenvalue weighted by Crippen LogP contribution is -2.24. The highest BCUT2D eigenvalue weighted by Crippen LogP contribution is 2.40. The summed E-state index contributed by atoms with van der Waals surface area (Å²) in [5.74, 6) is 1.81. The van der Waals surface area contributed by atoms with Crippen molar-refractivity contribution < 1.29 is 9.53 Å². The van der Waals surface area contributed by atoms with Crippen molar-refractivity contribution in [2.75, 3.05) is 6.61 Å². The Balaban J connectivity index is 1.56. The van der Waals surface area contributed by atoms with Crippen LogP contribution in [-0.4, -0.2) is 12.4 Å². The van der Waals surface area contributed by atoms with Crippen molar-refractivity contribution in [1.29, 1.82) is 0 Å². The van der Waals surface area contributed by atoms with Gasteiger partial charge in [0.15, 0.2) is 5.78 Å². The molecule has 2 aliphatic rings. The molecule has 1 aliphatic carbocycles. The molecule has 2 unspecified atom stereocenters. The third-order valence-electron chi connectivity index (χ3n) is 4.78. The summed E-state index contributed by atoms with van der Waals surface area (Å²) in [4.78, 5) is 12.7. The zero-order chi connectivity index (χ0) is 14.2. The van der Waals surface area contributed by atoms with Crippen molar-refractivity contribution in [3.05, 3.63) is 65.2 Å². The van der Waals surface area contributed by atoms with Gasteiger partial charge >= 0.3 is 0 Å². The first kappa shape index (κ1) is 12.6. The molecule has 2 aromatic carbocycles. The SMILES string of the molecule is O=C1c2ccccc2CCC1CC1COc2ccccc21. The molecule has 106 valence electrons. The van der Waals surface area contributed by atoms with Crippen LogP contribution in [0.5, 0.6) is 5.75 Å². The molecule has 4 rings (SSSR count). The number of aryl methyl sites for hydroxylation is 1. The van der Waals surface area contributed by atoms with E-state index in [9.17, 15) is 4.79 Å². The van der Waals surface area contributed by atoms with Crippen LogP contribution in [0.2, 0.25) is 0 Å². The summed E-state index contributed by atoms with van der Waals surface area (Å²) in [5, 5.41) is 0. The zero-order valence-electron chi connectivity index (χ0n) is 11.9. The van der Waals surface area contributed by atoms with E-state index in [2.05, 4.69) is 18.2 Å². The fraction of sp³-hybridized carbons (Fsp3) is 0.316. The average Bonchev–Trinajstić information content (AvgIpc) is 2.94.